The Hall–Kier alpha value is -1.00. The van der Waals surface area contributed by atoms with Crippen molar-refractivity contribution < 1.29 is 9.18 Å². The van der Waals surface area contributed by atoms with E-state index in [9.17, 15) is 9.18 Å². The van der Waals surface area contributed by atoms with Crippen LogP contribution < -0.4 is 0 Å². The number of ketones is 1. The summed E-state index contributed by atoms with van der Waals surface area (Å²) >= 11 is 4.53. The van der Waals surface area contributed by atoms with Gasteiger partial charge < -0.3 is 0 Å². The van der Waals surface area contributed by atoms with Gasteiger partial charge in [0, 0.05) is 4.88 Å². The third kappa shape index (κ3) is 2.95. The Bertz CT molecular complexity index is 625. The molecule has 0 aliphatic rings. The van der Waals surface area contributed by atoms with E-state index in [1.54, 1.807) is 18.2 Å². The van der Waals surface area contributed by atoms with Gasteiger partial charge in [-0.05, 0) is 45.6 Å². The first-order valence-electron chi connectivity index (χ1n) is 5.90. The average Bonchev–Trinajstić information content (AvgIpc) is 2.81. The van der Waals surface area contributed by atoms with Crippen LogP contribution in [0.1, 0.15) is 40.9 Å². The highest BCUT2D eigenvalue weighted by Crippen LogP contribution is 2.31. The van der Waals surface area contributed by atoms with Crippen LogP contribution in [0.3, 0.4) is 0 Å². The molecule has 0 bridgehead atoms. The average molecular weight is 341 g/mol. The molecule has 0 amide bonds. The van der Waals surface area contributed by atoms with E-state index >= 15 is 0 Å². The van der Waals surface area contributed by atoms with Crippen molar-refractivity contribution in [2.24, 2.45) is 0 Å². The Kier molecular flexibility index (Phi) is 3.92. The van der Waals surface area contributed by atoms with Gasteiger partial charge in [0.15, 0.2) is 0 Å². The highest BCUT2D eigenvalue weighted by atomic mass is 79.9. The lowest BCUT2D eigenvalue weighted by Gasteiger charge is -2.15. The summed E-state index contributed by atoms with van der Waals surface area (Å²) in [7, 11) is 0. The van der Waals surface area contributed by atoms with Crippen molar-refractivity contribution in [3.8, 4) is 0 Å². The van der Waals surface area contributed by atoms with E-state index in [2.05, 4.69) is 36.7 Å². The van der Waals surface area contributed by atoms with Gasteiger partial charge in [0.05, 0.1) is 14.9 Å². The molecule has 0 saturated carbocycles. The number of halogens is 2. The molecule has 1 heterocycles. The van der Waals surface area contributed by atoms with Crippen LogP contribution in [-0.4, -0.2) is 5.78 Å². The summed E-state index contributed by atoms with van der Waals surface area (Å²) in [4.78, 5) is 14.0. The number of carbonyl (C=O) groups excluding carboxylic acids is 1. The van der Waals surface area contributed by atoms with E-state index in [1.807, 2.05) is 6.07 Å². The van der Waals surface area contributed by atoms with Crippen LogP contribution >= 0.6 is 27.3 Å². The second-order valence-electron chi connectivity index (χ2n) is 5.34. The minimum Gasteiger partial charge on any atom is -0.288 e. The summed E-state index contributed by atoms with van der Waals surface area (Å²) in [5.41, 5.74) is 0.107. The molecule has 0 N–H and O–H groups in total. The molecular formula is C15H14BrFOS. The van der Waals surface area contributed by atoms with Gasteiger partial charge in [-0.3, -0.25) is 4.79 Å². The van der Waals surface area contributed by atoms with Gasteiger partial charge in [-0.1, -0.05) is 26.8 Å². The Morgan fingerprint density at radius 1 is 1.21 bits per heavy atom. The molecule has 2 aromatic rings. The maximum Gasteiger partial charge on any atom is 0.205 e. The lowest BCUT2D eigenvalue weighted by Crippen LogP contribution is -2.08. The summed E-state index contributed by atoms with van der Waals surface area (Å²) in [5.74, 6) is -0.766. The standard InChI is InChI=1S/C15H14BrFOS/c1-15(2,3)12-8-7-11(19-12)14(18)9-5-4-6-10(16)13(9)17/h4-8H,1-3H3. The van der Waals surface area contributed by atoms with Gasteiger partial charge in [-0.15, -0.1) is 11.3 Å². The van der Waals surface area contributed by atoms with Crippen molar-refractivity contribution in [2.45, 2.75) is 26.2 Å². The van der Waals surface area contributed by atoms with E-state index < -0.39 is 5.82 Å². The van der Waals surface area contributed by atoms with Crippen LogP contribution in [0.4, 0.5) is 4.39 Å². The van der Waals surface area contributed by atoms with E-state index in [4.69, 9.17) is 0 Å². The quantitative estimate of drug-likeness (QED) is 0.688. The van der Waals surface area contributed by atoms with E-state index in [0.29, 0.717) is 9.35 Å². The summed E-state index contributed by atoms with van der Waals surface area (Å²) < 4.78 is 14.2. The third-order valence-electron chi connectivity index (χ3n) is 2.77. The van der Waals surface area contributed by atoms with Gasteiger partial charge >= 0.3 is 0 Å². The first kappa shape index (κ1) is 14.4. The molecule has 0 saturated heterocycles. The molecule has 0 atom stereocenters. The SMILES string of the molecule is CC(C)(C)c1ccc(C(=O)c2cccc(Br)c2F)s1. The fraction of sp³-hybridized carbons (Fsp3) is 0.267. The Morgan fingerprint density at radius 3 is 2.47 bits per heavy atom. The summed E-state index contributed by atoms with van der Waals surface area (Å²) in [5, 5.41) is 0. The molecule has 1 aromatic carbocycles. The predicted molar refractivity (Wildman–Crippen MR) is 80.6 cm³/mol. The molecular weight excluding hydrogens is 327 g/mol. The highest BCUT2D eigenvalue weighted by molar-refractivity contribution is 9.10. The molecule has 0 aliphatic heterocycles. The number of benzene rings is 1. The van der Waals surface area contributed by atoms with E-state index in [-0.39, 0.29) is 16.8 Å². The molecule has 0 spiro atoms. The fourth-order valence-corrected chi connectivity index (χ4v) is 3.06. The van der Waals surface area contributed by atoms with Gasteiger partial charge in [-0.2, -0.15) is 0 Å². The molecule has 0 unspecified atom stereocenters. The third-order valence-corrected chi connectivity index (χ3v) is 4.89. The second-order valence-corrected chi connectivity index (χ2v) is 7.28. The summed E-state index contributed by atoms with van der Waals surface area (Å²) in [6.45, 7) is 6.27. The predicted octanol–water partition coefficient (Wildman–Crippen LogP) is 5.18. The summed E-state index contributed by atoms with van der Waals surface area (Å²) in [6, 6.07) is 8.47. The molecule has 19 heavy (non-hydrogen) atoms. The lowest BCUT2D eigenvalue weighted by molar-refractivity contribution is 0.103. The van der Waals surface area contributed by atoms with Gasteiger partial charge in [0.1, 0.15) is 5.82 Å². The molecule has 0 aliphatic carbocycles. The molecule has 1 nitrogen and oxygen atoms in total. The van der Waals surface area contributed by atoms with Gasteiger partial charge in [0.2, 0.25) is 5.78 Å². The van der Waals surface area contributed by atoms with Crippen molar-refractivity contribution >= 4 is 33.0 Å². The maximum absolute atomic E-state index is 13.9. The molecule has 0 radical (unpaired) electrons. The number of hydrogen-bond donors (Lipinski definition) is 0. The molecule has 4 heteroatoms. The van der Waals surface area contributed by atoms with Gasteiger partial charge in [0.25, 0.3) is 0 Å². The Balaban J connectivity index is 2.40. The van der Waals surface area contributed by atoms with Crippen LogP contribution in [0, 0.1) is 5.82 Å². The molecule has 100 valence electrons. The maximum atomic E-state index is 13.9. The monoisotopic (exact) mass is 340 g/mol. The van der Waals surface area contributed by atoms with Crippen molar-refractivity contribution in [1.82, 2.24) is 0 Å². The number of rotatable bonds is 2. The Morgan fingerprint density at radius 2 is 1.89 bits per heavy atom. The van der Waals surface area contributed by atoms with Crippen LogP contribution in [0.25, 0.3) is 0 Å². The zero-order valence-corrected chi connectivity index (χ0v) is 13.4. The number of hydrogen-bond acceptors (Lipinski definition) is 2. The molecule has 1 aromatic heterocycles. The smallest absolute Gasteiger partial charge is 0.205 e. The normalized spacial score (nSPS) is 11.6. The summed E-state index contributed by atoms with van der Waals surface area (Å²) in [6.07, 6.45) is 0. The second kappa shape index (κ2) is 5.17. The topological polar surface area (TPSA) is 17.1 Å². The van der Waals surface area contributed by atoms with Crippen LogP contribution in [0.2, 0.25) is 0 Å². The Labute approximate surface area is 124 Å². The number of thiophene rings is 1. The first-order chi connectivity index (χ1) is 8.80. The zero-order chi connectivity index (χ0) is 14.2. The number of carbonyl (C=O) groups is 1. The fourth-order valence-electron chi connectivity index (χ4n) is 1.67. The van der Waals surface area contributed by atoms with Crippen LogP contribution in [0.5, 0.6) is 0 Å². The minimum atomic E-state index is -0.502. The van der Waals surface area contributed by atoms with Gasteiger partial charge in [-0.25, -0.2) is 4.39 Å². The highest BCUT2D eigenvalue weighted by Gasteiger charge is 2.21. The van der Waals surface area contributed by atoms with Crippen molar-refractivity contribution in [3.05, 3.63) is 55.9 Å². The van der Waals surface area contributed by atoms with Crippen molar-refractivity contribution in [2.75, 3.05) is 0 Å². The molecule has 0 fully saturated rings. The lowest BCUT2D eigenvalue weighted by atomic mass is 9.95. The van der Waals surface area contributed by atoms with Crippen molar-refractivity contribution in [3.63, 3.8) is 0 Å². The first-order valence-corrected chi connectivity index (χ1v) is 7.50. The van der Waals surface area contributed by atoms with Crippen LogP contribution in [-0.2, 0) is 5.41 Å². The van der Waals surface area contributed by atoms with Crippen molar-refractivity contribution in [1.29, 1.82) is 0 Å². The minimum absolute atomic E-state index is 0.000980. The van der Waals surface area contributed by atoms with E-state index in [1.165, 1.54) is 17.4 Å². The zero-order valence-electron chi connectivity index (χ0n) is 11.0. The molecule has 2 rings (SSSR count). The largest absolute Gasteiger partial charge is 0.288 e. The van der Waals surface area contributed by atoms with E-state index in [0.717, 1.165) is 4.88 Å². The van der Waals surface area contributed by atoms with Crippen LogP contribution in [0.15, 0.2) is 34.8 Å².